The largest absolute Gasteiger partial charge is 0.493 e. The lowest BCUT2D eigenvalue weighted by molar-refractivity contribution is 0.102. The molecule has 1 amide bonds. The zero-order valence-electron chi connectivity index (χ0n) is 23.1. The van der Waals surface area contributed by atoms with Gasteiger partial charge in [0.15, 0.2) is 11.5 Å². The average Bonchev–Trinajstić information content (AvgIpc) is 2.98. The van der Waals surface area contributed by atoms with Gasteiger partial charge in [-0.3, -0.25) is 9.69 Å². The monoisotopic (exact) mass is 538 g/mol. The van der Waals surface area contributed by atoms with Crippen molar-refractivity contribution in [2.75, 3.05) is 58.1 Å². The number of hydrogen-bond acceptors (Lipinski definition) is 8. The number of piperazine rings is 1. The number of nitrogens with one attached hydrogen (secondary N) is 2. The van der Waals surface area contributed by atoms with Crippen molar-refractivity contribution in [3.8, 4) is 22.8 Å². The normalized spacial score (nSPS) is 14.0. The van der Waals surface area contributed by atoms with Gasteiger partial charge in [-0.2, -0.15) is 0 Å². The van der Waals surface area contributed by atoms with Gasteiger partial charge in [-0.15, -0.1) is 0 Å². The highest BCUT2D eigenvalue weighted by Crippen LogP contribution is 2.32. The smallest absolute Gasteiger partial charge is 0.255 e. The summed E-state index contributed by atoms with van der Waals surface area (Å²) in [4.78, 5) is 26.7. The van der Waals surface area contributed by atoms with Crippen LogP contribution >= 0.6 is 0 Å². The summed E-state index contributed by atoms with van der Waals surface area (Å²) in [7, 11) is 5.36. The highest BCUT2D eigenvalue weighted by molar-refractivity contribution is 6.04. The van der Waals surface area contributed by atoms with E-state index in [-0.39, 0.29) is 5.91 Å². The Morgan fingerprint density at radius 2 is 1.62 bits per heavy atom. The summed E-state index contributed by atoms with van der Waals surface area (Å²) in [6.45, 7) is 5.20. The Labute approximate surface area is 234 Å². The van der Waals surface area contributed by atoms with Gasteiger partial charge in [-0.1, -0.05) is 18.2 Å². The molecule has 1 fully saturated rings. The van der Waals surface area contributed by atoms with E-state index in [0.29, 0.717) is 28.7 Å². The van der Waals surface area contributed by atoms with Gasteiger partial charge in [0.25, 0.3) is 5.91 Å². The van der Waals surface area contributed by atoms with Crippen LogP contribution in [0.5, 0.6) is 11.5 Å². The quantitative estimate of drug-likeness (QED) is 0.311. The lowest BCUT2D eigenvalue weighted by Crippen LogP contribution is -2.43. The van der Waals surface area contributed by atoms with Crippen LogP contribution < -0.4 is 20.1 Å². The highest BCUT2D eigenvalue weighted by atomic mass is 16.5. The minimum Gasteiger partial charge on any atom is -0.493 e. The van der Waals surface area contributed by atoms with Gasteiger partial charge in [-0.05, 0) is 67.2 Å². The van der Waals surface area contributed by atoms with Crippen LogP contribution in [0.15, 0.2) is 79.0 Å². The molecule has 40 heavy (non-hydrogen) atoms. The molecule has 206 valence electrons. The summed E-state index contributed by atoms with van der Waals surface area (Å²) >= 11 is 0. The second kappa shape index (κ2) is 12.6. The number of benzene rings is 3. The van der Waals surface area contributed by atoms with Crippen molar-refractivity contribution < 1.29 is 14.3 Å². The molecule has 0 aliphatic carbocycles. The first-order valence-electron chi connectivity index (χ1n) is 13.2. The van der Waals surface area contributed by atoms with Gasteiger partial charge in [0.1, 0.15) is 0 Å². The van der Waals surface area contributed by atoms with Crippen LogP contribution in [0.25, 0.3) is 11.3 Å². The summed E-state index contributed by atoms with van der Waals surface area (Å²) in [5, 5.41) is 6.22. The lowest BCUT2D eigenvalue weighted by atomic mass is 10.1. The first-order valence-corrected chi connectivity index (χ1v) is 13.2. The van der Waals surface area contributed by atoms with Crippen LogP contribution in [-0.2, 0) is 6.54 Å². The van der Waals surface area contributed by atoms with E-state index in [2.05, 4.69) is 37.4 Å². The van der Waals surface area contributed by atoms with Crippen LogP contribution in [0, 0.1) is 0 Å². The number of aromatic nitrogens is 2. The van der Waals surface area contributed by atoms with E-state index < -0.39 is 0 Å². The molecule has 3 aromatic carbocycles. The number of amides is 1. The summed E-state index contributed by atoms with van der Waals surface area (Å²) in [5.41, 5.74) is 4.86. The molecule has 9 nitrogen and oxygen atoms in total. The Kier molecular flexibility index (Phi) is 8.53. The van der Waals surface area contributed by atoms with E-state index in [4.69, 9.17) is 9.47 Å². The molecular weight excluding hydrogens is 504 g/mol. The van der Waals surface area contributed by atoms with Gasteiger partial charge in [0.2, 0.25) is 5.95 Å². The van der Waals surface area contributed by atoms with E-state index in [9.17, 15) is 4.79 Å². The third kappa shape index (κ3) is 6.74. The average molecular weight is 539 g/mol. The summed E-state index contributed by atoms with van der Waals surface area (Å²) in [6, 6.07) is 22.8. The number of hydrogen-bond donors (Lipinski definition) is 2. The maximum atomic E-state index is 12.9. The Balaban J connectivity index is 1.22. The molecule has 2 heterocycles. The molecule has 4 aromatic rings. The number of methoxy groups -OCH3 is 2. The molecule has 0 unspecified atom stereocenters. The number of nitrogens with zero attached hydrogens (tertiary/aromatic N) is 4. The molecule has 1 saturated heterocycles. The molecule has 0 atom stereocenters. The zero-order chi connectivity index (χ0) is 27.9. The minimum absolute atomic E-state index is 0.157. The van der Waals surface area contributed by atoms with Crippen LogP contribution in [0.2, 0.25) is 0 Å². The Morgan fingerprint density at radius 3 is 2.38 bits per heavy atom. The van der Waals surface area contributed by atoms with Gasteiger partial charge in [0.05, 0.1) is 19.9 Å². The predicted molar refractivity (Wildman–Crippen MR) is 157 cm³/mol. The zero-order valence-corrected chi connectivity index (χ0v) is 23.1. The molecule has 1 aliphatic heterocycles. The van der Waals surface area contributed by atoms with Crippen molar-refractivity contribution in [1.29, 1.82) is 0 Å². The molecule has 0 radical (unpaired) electrons. The Morgan fingerprint density at radius 1 is 0.875 bits per heavy atom. The fourth-order valence-electron chi connectivity index (χ4n) is 4.61. The van der Waals surface area contributed by atoms with Crippen molar-refractivity contribution in [1.82, 2.24) is 19.8 Å². The summed E-state index contributed by atoms with van der Waals surface area (Å²) in [6.07, 6.45) is 1.69. The molecule has 2 N–H and O–H groups in total. The first kappa shape index (κ1) is 27.1. The molecule has 0 bridgehead atoms. The molecular formula is C31H34N6O3. The fraction of sp³-hybridized carbons (Fsp3) is 0.258. The molecule has 0 saturated carbocycles. The Hall–Kier alpha value is -4.47. The minimum atomic E-state index is -0.157. The lowest BCUT2D eigenvalue weighted by Gasteiger charge is -2.32. The van der Waals surface area contributed by atoms with Gasteiger partial charge >= 0.3 is 0 Å². The number of likely N-dealkylation sites (N-methyl/N-ethyl adjacent to an activating group) is 1. The number of rotatable bonds is 9. The summed E-state index contributed by atoms with van der Waals surface area (Å²) < 4.78 is 10.7. The maximum absolute atomic E-state index is 12.9. The topological polar surface area (TPSA) is 91.8 Å². The molecule has 0 spiro atoms. The maximum Gasteiger partial charge on any atom is 0.255 e. The van der Waals surface area contributed by atoms with E-state index in [1.807, 2.05) is 72.8 Å². The third-order valence-corrected chi connectivity index (χ3v) is 6.93. The molecule has 1 aromatic heterocycles. The van der Waals surface area contributed by atoms with Crippen molar-refractivity contribution in [3.63, 3.8) is 0 Å². The summed E-state index contributed by atoms with van der Waals surface area (Å²) in [5.74, 6) is 1.56. The van der Waals surface area contributed by atoms with Gasteiger partial charge in [0, 0.05) is 61.4 Å². The number of ether oxygens (including phenoxy) is 2. The van der Waals surface area contributed by atoms with Crippen LogP contribution in [0.4, 0.5) is 17.3 Å². The van der Waals surface area contributed by atoms with E-state index >= 15 is 0 Å². The molecule has 1 aliphatic rings. The Bertz CT molecular complexity index is 1450. The van der Waals surface area contributed by atoms with Crippen LogP contribution in [0.3, 0.4) is 0 Å². The van der Waals surface area contributed by atoms with Gasteiger partial charge < -0.3 is 25.0 Å². The highest BCUT2D eigenvalue weighted by Gasteiger charge is 2.14. The predicted octanol–water partition coefficient (Wildman–Crippen LogP) is 4.90. The third-order valence-electron chi connectivity index (χ3n) is 6.93. The molecule has 5 rings (SSSR count). The number of carbonyl (C=O) groups is 1. The fourth-order valence-corrected chi connectivity index (χ4v) is 4.61. The van der Waals surface area contributed by atoms with Crippen molar-refractivity contribution in [2.24, 2.45) is 0 Å². The van der Waals surface area contributed by atoms with Crippen molar-refractivity contribution in [3.05, 3.63) is 90.1 Å². The van der Waals surface area contributed by atoms with Crippen molar-refractivity contribution >= 4 is 23.2 Å². The first-order chi connectivity index (χ1) is 19.5. The second-order valence-corrected chi connectivity index (χ2v) is 9.77. The second-order valence-electron chi connectivity index (χ2n) is 9.77. The number of anilines is 3. The number of carbonyl (C=O) groups excluding carboxylic acids is 1. The van der Waals surface area contributed by atoms with E-state index in [1.165, 1.54) is 5.56 Å². The van der Waals surface area contributed by atoms with Gasteiger partial charge in [-0.25, -0.2) is 9.97 Å². The standard InChI is InChI=1S/C31H34N6O3/c1-36-15-17-37(18-16-36)21-22-7-9-23(10-8-22)30(38)33-25-5-4-6-26(20-25)34-31-32-14-13-27(35-31)24-11-12-28(39-2)29(19-24)40-3/h4-14,19-20H,15-18,21H2,1-3H3,(H,33,38)(H,32,34,35). The SMILES string of the molecule is COc1ccc(-c2ccnc(Nc3cccc(NC(=O)c4ccc(CN5CCN(C)CC5)cc4)c3)n2)cc1OC. The van der Waals surface area contributed by atoms with E-state index in [0.717, 1.165) is 49.7 Å². The molecule has 9 heteroatoms. The van der Waals surface area contributed by atoms with E-state index in [1.54, 1.807) is 20.4 Å². The van der Waals surface area contributed by atoms with Crippen LogP contribution in [-0.4, -0.2) is 73.1 Å². The van der Waals surface area contributed by atoms with Crippen LogP contribution in [0.1, 0.15) is 15.9 Å². The van der Waals surface area contributed by atoms with Crippen molar-refractivity contribution in [2.45, 2.75) is 6.54 Å².